The first-order chi connectivity index (χ1) is 14.6. The van der Waals surface area contributed by atoms with Crippen LogP contribution in [-0.4, -0.2) is 63.2 Å². The van der Waals surface area contributed by atoms with Crippen LogP contribution in [0.4, 0.5) is 4.39 Å². The van der Waals surface area contributed by atoms with E-state index in [4.69, 9.17) is 14.2 Å². The number of rotatable bonds is 8. The number of methoxy groups -OCH3 is 3. The Balaban J connectivity index is 1.54. The van der Waals surface area contributed by atoms with Gasteiger partial charge in [-0.3, -0.25) is 9.69 Å². The third-order valence-corrected chi connectivity index (χ3v) is 5.47. The van der Waals surface area contributed by atoms with Gasteiger partial charge in [0, 0.05) is 44.7 Å². The van der Waals surface area contributed by atoms with E-state index in [2.05, 4.69) is 4.90 Å². The highest BCUT2D eigenvalue weighted by Gasteiger charge is 2.23. The minimum atomic E-state index is -0.251. The number of hydrogen-bond acceptors (Lipinski definition) is 5. The topological polar surface area (TPSA) is 51.2 Å². The average Bonchev–Trinajstić information content (AvgIpc) is 2.78. The van der Waals surface area contributed by atoms with E-state index < -0.39 is 0 Å². The van der Waals surface area contributed by atoms with Gasteiger partial charge < -0.3 is 19.1 Å². The Morgan fingerprint density at radius 2 is 1.60 bits per heavy atom. The standard InChI is InChI=1S/C23H29FN2O4/c1-28-20-10-8-18(22(29-2)23(20)30-3)16-25-12-14-26(15-13-25)21(27)11-9-17-6-4-5-7-19(17)24/h4-8,10H,9,11-16H2,1-3H3. The fourth-order valence-corrected chi connectivity index (χ4v) is 3.78. The summed E-state index contributed by atoms with van der Waals surface area (Å²) >= 11 is 0. The number of ether oxygens (including phenoxy) is 3. The number of carbonyl (C=O) groups excluding carboxylic acids is 1. The summed E-state index contributed by atoms with van der Waals surface area (Å²) in [4.78, 5) is 16.7. The number of amides is 1. The van der Waals surface area contributed by atoms with Crippen molar-refractivity contribution in [3.8, 4) is 17.2 Å². The van der Waals surface area contributed by atoms with Crippen molar-refractivity contribution in [3.05, 3.63) is 53.3 Å². The van der Waals surface area contributed by atoms with Gasteiger partial charge in [0.2, 0.25) is 11.7 Å². The SMILES string of the molecule is COc1ccc(CN2CCN(C(=O)CCc3ccccc3F)CC2)c(OC)c1OC. The molecule has 0 aliphatic carbocycles. The molecule has 1 aliphatic rings. The van der Waals surface area contributed by atoms with Crippen molar-refractivity contribution in [3.63, 3.8) is 0 Å². The summed E-state index contributed by atoms with van der Waals surface area (Å²) in [5.41, 5.74) is 1.60. The quantitative estimate of drug-likeness (QED) is 0.662. The normalized spacial score (nSPS) is 14.5. The van der Waals surface area contributed by atoms with E-state index in [-0.39, 0.29) is 11.7 Å². The highest BCUT2D eigenvalue weighted by Crippen LogP contribution is 2.40. The Morgan fingerprint density at radius 1 is 0.900 bits per heavy atom. The molecular formula is C23H29FN2O4. The van der Waals surface area contributed by atoms with Gasteiger partial charge in [-0.1, -0.05) is 24.3 Å². The lowest BCUT2D eigenvalue weighted by Crippen LogP contribution is -2.48. The molecule has 0 aromatic heterocycles. The van der Waals surface area contributed by atoms with Crippen LogP contribution >= 0.6 is 0 Å². The molecule has 1 fully saturated rings. The number of nitrogens with zero attached hydrogens (tertiary/aromatic N) is 2. The molecule has 0 unspecified atom stereocenters. The Labute approximate surface area is 177 Å². The molecule has 7 heteroatoms. The molecule has 30 heavy (non-hydrogen) atoms. The second-order valence-electron chi connectivity index (χ2n) is 7.24. The van der Waals surface area contributed by atoms with Gasteiger partial charge in [0.15, 0.2) is 11.5 Å². The molecule has 162 valence electrons. The van der Waals surface area contributed by atoms with Crippen molar-refractivity contribution in [2.24, 2.45) is 0 Å². The fraction of sp³-hybridized carbons (Fsp3) is 0.435. The molecular weight excluding hydrogens is 387 g/mol. The third-order valence-electron chi connectivity index (χ3n) is 5.47. The lowest BCUT2D eigenvalue weighted by atomic mass is 10.1. The van der Waals surface area contributed by atoms with Gasteiger partial charge in [0.25, 0.3) is 0 Å². The van der Waals surface area contributed by atoms with Crippen LogP contribution in [0.1, 0.15) is 17.5 Å². The first kappa shape index (κ1) is 21.9. The molecule has 0 saturated carbocycles. The number of hydrogen-bond donors (Lipinski definition) is 0. The molecule has 0 radical (unpaired) electrons. The molecule has 0 bridgehead atoms. The smallest absolute Gasteiger partial charge is 0.222 e. The Morgan fingerprint density at radius 3 is 2.23 bits per heavy atom. The van der Waals surface area contributed by atoms with E-state index >= 15 is 0 Å². The number of carbonyl (C=O) groups is 1. The molecule has 6 nitrogen and oxygen atoms in total. The van der Waals surface area contributed by atoms with Crippen LogP contribution in [0.25, 0.3) is 0 Å². The van der Waals surface area contributed by atoms with E-state index in [1.54, 1.807) is 39.5 Å². The molecule has 1 saturated heterocycles. The van der Waals surface area contributed by atoms with E-state index in [0.717, 1.165) is 18.7 Å². The minimum absolute atomic E-state index is 0.0709. The number of halogens is 1. The second kappa shape index (κ2) is 10.3. The Hall–Kier alpha value is -2.80. The fourth-order valence-electron chi connectivity index (χ4n) is 3.78. The zero-order chi connectivity index (χ0) is 21.5. The van der Waals surface area contributed by atoms with Crippen molar-refractivity contribution < 1.29 is 23.4 Å². The van der Waals surface area contributed by atoms with Gasteiger partial charge in [0.05, 0.1) is 21.3 Å². The number of aryl methyl sites for hydroxylation is 1. The van der Waals surface area contributed by atoms with Gasteiger partial charge in [-0.15, -0.1) is 0 Å². The van der Waals surface area contributed by atoms with Crippen molar-refractivity contribution >= 4 is 5.91 Å². The highest BCUT2D eigenvalue weighted by molar-refractivity contribution is 5.76. The van der Waals surface area contributed by atoms with Crippen molar-refractivity contribution in [2.75, 3.05) is 47.5 Å². The average molecular weight is 416 g/mol. The summed E-state index contributed by atoms with van der Waals surface area (Å²) in [6, 6.07) is 10.5. The van der Waals surface area contributed by atoms with Crippen molar-refractivity contribution in [1.29, 1.82) is 0 Å². The lowest BCUT2D eigenvalue weighted by molar-refractivity contribution is -0.133. The zero-order valence-corrected chi connectivity index (χ0v) is 17.8. The number of benzene rings is 2. The predicted octanol–water partition coefficient (Wildman–Crippen LogP) is 3.13. The van der Waals surface area contributed by atoms with Gasteiger partial charge in [-0.05, 0) is 24.1 Å². The highest BCUT2D eigenvalue weighted by atomic mass is 19.1. The van der Waals surface area contributed by atoms with Gasteiger partial charge in [-0.25, -0.2) is 4.39 Å². The van der Waals surface area contributed by atoms with Gasteiger partial charge >= 0.3 is 0 Å². The Bertz CT molecular complexity index is 866. The minimum Gasteiger partial charge on any atom is -0.493 e. The van der Waals surface area contributed by atoms with Crippen LogP contribution in [0.5, 0.6) is 17.2 Å². The Kier molecular flexibility index (Phi) is 7.52. The van der Waals surface area contributed by atoms with Crippen LogP contribution in [0.15, 0.2) is 36.4 Å². The number of piperazine rings is 1. The van der Waals surface area contributed by atoms with Crippen LogP contribution < -0.4 is 14.2 Å². The maximum absolute atomic E-state index is 13.7. The van der Waals surface area contributed by atoms with E-state index in [9.17, 15) is 9.18 Å². The van der Waals surface area contributed by atoms with Crippen LogP contribution in [-0.2, 0) is 17.8 Å². The second-order valence-corrected chi connectivity index (χ2v) is 7.24. The maximum Gasteiger partial charge on any atom is 0.222 e. The summed E-state index contributed by atoms with van der Waals surface area (Å²) in [6.45, 7) is 3.55. The largest absolute Gasteiger partial charge is 0.493 e. The molecule has 1 amide bonds. The van der Waals surface area contributed by atoms with E-state index in [1.807, 2.05) is 17.0 Å². The monoisotopic (exact) mass is 416 g/mol. The molecule has 0 spiro atoms. The first-order valence-corrected chi connectivity index (χ1v) is 10.1. The summed E-state index contributed by atoms with van der Waals surface area (Å²) in [5.74, 6) is 1.70. The predicted molar refractivity (Wildman–Crippen MR) is 113 cm³/mol. The molecule has 2 aromatic rings. The molecule has 0 atom stereocenters. The molecule has 2 aromatic carbocycles. The lowest BCUT2D eigenvalue weighted by Gasteiger charge is -2.35. The van der Waals surface area contributed by atoms with E-state index in [0.29, 0.717) is 55.3 Å². The first-order valence-electron chi connectivity index (χ1n) is 10.1. The summed E-state index contributed by atoms with van der Waals surface area (Å²) in [5, 5.41) is 0. The van der Waals surface area contributed by atoms with Crippen molar-refractivity contribution in [1.82, 2.24) is 9.80 Å². The van der Waals surface area contributed by atoms with Gasteiger partial charge in [-0.2, -0.15) is 0 Å². The molecule has 3 rings (SSSR count). The zero-order valence-electron chi connectivity index (χ0n) is 17.8. The third kappa shape index (κ3) is 5.02. The van der Waals surface area contributed by atoms with Crippen LogP contribution in [0.2, 0.25) is 0 Å². The summed E-state index contributed by atoms with van der Waals surface area (Å²) in [7, 11) is 4.81. The summed E-state index contributed by atoms with van der Waals surface area (Å²) in [6.07, 6.45) is 0.749. The van der Waals surface area contributed by atoms with E-state index in [1.165, 1.54) is 6.07 Å². The van der Waals surface area contributed by atoms with Crippen LogP contribution in [0, 0.1) is 5.82 Å². The maximum atomic E-state index is 13.7. The molecule has 1 aliphatic heterocycles. The molecule has 0 N–H and O–H groups in total. The van der Waals surface area contributed by atoms with Crippen LogP contribution in [0.3, 0.4) is 0 Å². The van der Waals surface area contributed by atoms with Crippen molar-refractivity contribution in [2.45, 2.75) is 19.4 Å². The molecule has 1 heterocycles. The van der Waals surface area contributed by atoms with Gasteiger partial charge in [0.1, 0.15) is 5.82 Å². The summed E-state index contributed by atoms with van der Waals surface area (Å²) < 4.78 is 30.1.